The fourth-order valence-electron chi connectivity index (χ4n) is 3.33. The fourth-order valence-corrected chi connectivity index (χ4v) is 4.28. The highest BCUT2D eigenvalue weighted by molar-refractivity contribution is 7.99. The Morgan fingerprint density at radius 2 is 2.07 bits per heavy atom. The summed E-state index contributed by atoms with van der Waals surface area (Å²) in [5.74, 6) is 2.81. The normalized spacial score (nSPS) is 16.5. The average Bonchev–Trinajstić information content (AvgIpc) is 3.00. The van der Waals surface area contributed by atoms with E-state index in [9.17, 15) is 4.79 Å². The molecule has 158 valence electrons. The molecular weight excluding hydrogens is 417 g/mol. The van der Waals surface area contributed by atoms with Crippen molar-refractivity contribution >= 4 is 59.5 Å². The number of rotatable bonds is 8. The summed E-state index contributed by atoms with van der Waals surface area (Å²) < 4.78 is 2.13. The summed E-state index contributed by atoms with van der Waals surface area (Å²) in [6, 6.07) is 8.32. The minimum Gasteiger partial charge on any atom is -0.312 e. The van der Waals surface area contributed by atoms with Gasteiger partial charge in [-0.2, -0.15) is 11.8 Å². The molecule has 3 rings (SSSR count). The third-order valence-electron chi connectivity index (χ3n) is 4.87. The van der Waals surface area contributed by atoms with Gasteiger partial charge in [-0.05, 0) is 25.2 Å². The number of hydrogen-bond acceptors (Lipinski definition) is 5. The molecule has 0 saturated carbocycles. The average molecular weight is 448 g/mol. The van der Waals surface area contributed by atoms with Crippen LogP contribution >= 0.6 is 36.6 Å². The van der Waals surface area contributed by atoms with Gasteiger partial charge in [0.15, 0.2) is 0 Å². The third kappa shape index (κ3) is 6.52. The molecular formula is C19H31Cl2N5OS. The number of halogens is 2. The second-order valence-corrected chi connectivity index (χ2v) is 7.73. The second-order valence-electron chi connectivity index (χ2n) is 6.58. The summed E-state index contributed by atoms with van der Waals surface area (Å²) in [6.07, 6.45) is 0.492. The lowest BCUT2D eigenvalue weighted by Gasteiger charge is -2.22. The summed E-state index contributed by atoms with van der Waals surface area (Å²) in [4.78, 5) is 19.6. The minimum atomic E-state index is 0. The molecule has 1 saturated heterocycles. The van der Waals surface area contributed by atoms with Crippen molar-refractivity contribution in [2.75, 3.05) is 43.0 Å². The Balaban J connectivity index is 0.00000196. The Bertz CT molecular complexity index is 732. The van der Waals surface area contributed by atoms with Crippen LogP contribution in [0.15, 0.2) is 24.3 Å². The van der Waals surface area contributed by atoms with Crippen LogP contribution in [0.5, 0.6) is 0 Å². The van der Waals surface area contributed by atoms with E-state index in [1.165, 1.54) is 0 Å². The lowest BCUT2D eigenvalue weighted by molar-refractivity contribution is -0.116. The molecule has 0 aliphatic carbocycles. The van der Waals surface area contributed by atoms with Crippen LogP contribution in [0, 0.1) is 0 Å². The number of imidazole rings is 1. The van der Waals surface area contributed by atoms with Crippen LogP contribution in [0.1, 0.15) is 20.3 Å². The largest absolute Gasteiger partial charge is 0.312 e. The summed E-state index contributed by atoms with van der Waals surface area (Å²) in [5.41, 5.74) is 2.00. The first-order chi connectivity index (χ1) is 12.7. The number of para-hydroxylation sites is 2. The van der Waals surface area contributed by atoms with Gasteiger partial charge >= 0.3 is 0 Å². The van der Waals surface area contributed by atoms with Crippen LogP contribution in [0.3, 0.4) is 0 Å². The van der Waals surface area contributed by atoms with Gasteiger partial charge in [0.1, 0.15) is 0 Å². The van der Waals surface area contributed by atoms with E-state index in [2.05, 4.69) is 45.0 Å². The molecule has 0 spiro atoms. The number of benzene rings is 1. The van der Waals surface area contributed by atoms with Gasteiger partial charge in [-0.25, -0.2) is 4.98 Å². The van der Waals surface area contributed by atoms with Crippen molar-refractivity contribution in [2.45, 2.75) is 32.9 Å². The van der Waals surface area contributed by atoms with Gasteiger partial charge < -0.3 is 14.8 Å². The Morgan fingerprint density at radius 1 is 1.32 bits per heavy atom. The van der Waals surface area contributed by atoms with Crippen LogP contribution in [0.25, 0.3) is 11.0 Å². The van der Waals surface area contributed by atoms with Crippen molar-refractivity contribution in [2.24, 2.45) is 0 Å². The maximum atomic E-state index is 12.5. The number of carbonyl (C=O) groups is 1. The smallest absolute Gasteiger partial charge is 0.228 e. The molecule has 1 aromatic heterocycles. The van der Waals surface area contributed by atoms with E-state index in [1.54, 1.807) is 0 Å². The standard InChI is InChI=1S/C19H29N5OS.2ClH/c1-3-23(4-2)10-11-24-17-8-6-5-7-16(17)21-19(24)22-18(25)13-15-14-26-12-9-20-15;;/h5-8,15,20H,3-4,9-14H2,1-2H3,(H,21,22,25);2*1H. The quantitative estimate of drug-likeness (QED) is 0.649. The molecule has 0 bridgehead atoms. The zero-order valence-corrected chi connectivity index (χ0v) is 19.0. The Morgan fingerprint density at radius 3 is 2.75 bits per heavy atom. The lowest BCUT2D eigenvalue weighted by atomic mass is 10.2. The van der Waals surface area contributed by atoms with E-state index in [0.29, 0.717) is 12.4 Å². The molecule has 6 nitrogen and oxygen atoms in total. The Hall–Kier alpha value is -0.990. The van der Waals surface area contributed by atoms with Crippen LogP contribution in [-0.2, 0) is 11.3 Å². The topological polar surface area (TPSA) is 62.2 Å². The molecule has 1 aliphatic rings. The van der Waals surface area contributed by atoms with E-state index < -0.39 is 0 Å². The van der Waals surface area contributed by atoms with Gasteiger partial charge in [0.2, 0.25) is 11.9 Å². The molecule has 1 aliphatic heterocycles. The number of thioether (sulfide) groups is 1. The summed E-state index contributed by atoms with van der Waals surface area (Å²) >= 11 is 1.91. The van der Waals surface area contributed by atoms with E-state index >= 15 is 0 Å². The number of nitrogens with one attached hydrogen (secondary N) is 2. The third-order valence-corrected chi connectivity index (χ3v) is 6.00. The SMILES string of the molecule is CCN(CC)CCn1c(NC(=O)CC2CSCCN2)nc2ccccc21.Cl.Cl. The fraction of sp³-hybridized carbons (Fsp3) is 0.579. The zero-order valence-electron chi connectivity index (χ0n) is 16.5. The highest BCUT2D eigenvalue weighted by atomic mass is 35.5. The van der Waals surface area contributed by atoms with Crippen molar-refractivity contribution in [3.05, 3.63) is 24.3 Å². The highest BCUT2D eigenvalue weighted by Gasteiger charge is 2.19. The Labute approximate surface area is 184 Å². The van der Waals surface area contributed by atoms with E-state index in [1.807, 2.05) is 30.0 Å². The molecule has 1 atom stereocenters. The monoisotopic (exact) mass is 447 g/mol. The molecule has 2 aromatic rings. The van der Waals surface area contributed by atoms with Gasteiger partial charge in [0.25, 0.3) is 0 Å². The molecule has 1 unspecified atom stereocenters. The maximum Gasteiger partial charge on any atom is 0.228 e. The number of nitrogens with zero attached hydrogens (tertiary/aromatic N) is 3. The predicted molar refractivity (Wildman–Crippen MR) is 124 cm³/mol. The first-order valence-corrected chi connectivity index (χ1v) is 10.6. The molecule has 1 aromatic carbocycles. The van der Waals surface area contributed by atoms with Gasteiger partial charge in [-0.3, -0.25) is 10.1 Å². The van der Waals surface area contributed by atoms with E-state index in [4.69, 9.17) is 0 Å². The molecule has 9 heteroatoms. The molecule has 28 heavy (non-hydrogen) atoms. The summed E-state index contributed by atoms with van der Waals surface area (Å²) in [5, 5.41) is 6.47. The number of fused-ring (bicyclic) bond motifs is 1. The minimum absolute atomic E-state index is 0. The number of amides is 1. The molecule has 2 N–H and O–H groups in total. The first-order valence-electron chi connectivity index (χ1n) is 9.49. The van der Waals surface area contributed by atoms with Gasteiger partial charge in [0, 0.05) is 43.6 Å². The molecule has 1 amide bonds. The van der Waals surface area contributed by atoms with E-state index in [-0.39, 0.29) is 36.8 Å². The van der Waals surface area contributed by atoms with Crippen molar-refractivity contribution in [1.82, 2.24) is 19.8 Å². The summed E-state index contributed by atoms with van der Waals surface area (Å²) in [7, 11) is 0. The Kier molecular flexibility index (Phi) is 11.2. The predicted octanol–water partition coefficient (Wildman–Crippen LogP) is 3.26. The summed E-state index contributed by atoms with van der Waals surface area (Å²) in [6.45, 7) is 9.13. The van der Waals surface area contributed by atoms with Crippen molar-refractivity contribution in [3.8, 4) is 0 Å². The second kappa shape index (κ2) is 12.5. The number of likely N-dealkylation sites (N-methyl/N-ethyl adjacent to an activating group) is 1. The number of hydrogen-bond donors (Lipinski definition) is 2. The molecule has 1 fully saturated rings. The van der Waals surface area contributed by atoms with Gasteiger partial charge in [0.05, 0.1) is 11.0 Å². The van der Waals surface area contributed by atoms with Crippen LogP contribution in [-0.4, -0.2) is 64.1 Å². The van der Waals surface area contributed by atoms with Crippen molar-refractivity contribution in [3.63, 3.8) is 0 Å². The van der Waals surface area contributed by atoms with Gasteiger partial charge in [-0.1, -0.05) is 26.0 Å². The van der Waals surface area contributed by atoms with Gasteiger partial charge in [-0.15, -0.1) is 24.8 Å². The number of anilines is 1. The number of aromatic nitrogens is 2. The molecule has 2 heterocycles. The van der Waals surface area contributed by atoms with Crippen LogP contribution in [0.2, 0.25) is 0 Å². The van der Waals surface area contributed by atoms with Crippen LogP contribution in [0.4, 0.5) is 5.95 Å². The van der Waals surface area contributed by atoms with Crippen molar-refractivity contribution in [1.29, 1.82) is 0 Å². The van der Waals surface area contributed by atoms with E-state index in [0.717, 1.165) is 55.3 Å². The lowest BCUT2D eigenvalue weighted by Crippen LogP contribution is -2.40. The number of carbonyl (C=O) groups excluding carboxylic acids is 1. The molecule has 0 radical (unpaired) electrons. The zero-order chi connectivity index (χ0) is 18.4. The van der Waals surface area contributed by atoms with Crippen molar-refractivity contribution < 1.29 is 4.79 Å². The van der Waals surface area contributed by atoms with Crippen LogP contribution < -0.4 is 10.6 Å². The maximum absolute atomic E-state index is 12.5. The highest BCUT2D eigenvalue weighted by Crippen LogP contribution is 2.20. The first kappa shape index (κ1) is 25.0.